The quantitative estimate of drug-likeness (QED) is 0.414. The Labute approximate surface area is 93.0 Å². The first-order valence-electron chi connectivity index (χ1n) is 4.78. The molecule has 0 aliphatic rings. The van der Waals surface area contributed by atoms with E-state index in [0.717, 1.165) is 0 Å². The zero-order valence-electron chi connectivity index (χ0n) is 8.41. The molecule has 2 N–H and O–H groups in total. The van der Waals surface area contributed by atoms with Crippen molar-refractivity contribution in [2.45, 2.75) is 0 Å². The Hall–Kier alpha value is -2.70. The number of H-pyrrole nitrogens is 1. The lowest BCUT2D eigenvalue weighted by Gasteiger charge is -2.00. The van der Waals surface area contributed by atoms with Crippen LogP contribution >= 0.6 is 0 Å². The minimum Gasteiger partial charge on any atom is -0.421 e. The highest BCUT2D eigenvalue weighted by atomic mass is 16.5. The van der Waals surface area contributed by atoms with E-state index in [1.54, 1.807) is 24.3 Å². The molecule has 0 amide bonds. The van der Waals surface area contributed by atoms with E-state index < -0.39 is 11.2 Å². The summed E-state index contributed by atoms with van der Waals surface area (Å²) in [7, 11) is 0. The fourth-order valence-electron chi connectivity index (χ4n) is 1.58. The standard InChI is InChI=1S/C10H6N4O3/c15-9-7-8(13-10(16)14(9)17)12-6-4-2-1-3-5(6)11-7/h1-4,17H,(H,12,13,16). The Bertz CT molecular complexity index is 849. The third-order valence-corrected chi connectivity index (χ3v) is 2.38. The number of fused-ring (bicyclic) bond motifs is 2. The number of hydrogen-bond donors (Lipinski definition) is 2. The Morgan fingerprint density at radius 2 is 1.76 bits per heavy atom. The number of rotatable bonds is 0. The van der Waals surface area contributed by atoms with Gasteiger partial charge in [0, 0.05) is 0 Å². The van der Waals surface area contributed by atoms with Crippen molar-refractivity contribution in [1.82, 2.24) is 19.7 Å². The highest BCUT2D eigenvalue weighted by molar-refractivity contribution is 5.83. The van der Waals surface area contributed by atoms with Crippen LogP contribution < -0.4 is 11.2 Å². The molecule has 0 aliphatic heterocycles. The van der Waals surface area contributed by atoms with Crippen molar-refractivity contribution in [3.8, 4) is 0 Å². The molecule has 0 fully saturated rings. The van der Waals surface area contributed by atoms with Gasteiger partial charge in [0.25, 0.3) is 0 Å². The van der Waals surface area contributed by atoms with Crippen LogP contribution in [0.15, 0.2) is 33.9 Å². The van der Waals surface area contributed by atoms with Crippen LogP contribution in [0.1, 0.15) is 0 Å². The van der Waals surface area contributed by atoms with Crippen LogP contribution in [-0.2, 0) is 0 Å². The minimum absolute atomic E-state index is 0.0220. The molecule has 2 aromatic heterocycles. The number of hydrogen-bond acceptors (Lipinski definition) is 5. The molecule has 3 aromatic rings. The third kappa shape index (κ3) is 1.29. The summed E-state index contributed by atoms with van der Waals surface area (Å²) in [5.41, 5.74) is -0.765. The second-order valence-electron chi connectivity index (χ2n) is 3.46. The molecule has 0 aliphatic carbocycles. The van der Waals surface area contributed by atoms with Crippen LogP contribution in [0.5, 0.6) is 0 Å². The van der Waals surface area contributed by atoms with Crippen molar-refractivity contribution in [3.63, 3.8) is 0 Å². The lowest BCUT2D eigenvalue weighted by atomic mass is 10.3. The van der Waals surface area contributed by atoms with E-state index in [-0.39, 0.29) is 15.9 Å². The molecule has 17 heavy (non-hydrogen) atoms. The van der Waals surface area contributed by atoms with Gasteiger partial charge in [-0.25, -0.2) is 14.8 Å². The maximum atomic E-state index is 11.6. The Morgan fingerprint density at radius 1 is 1.12 bits per heavy atom. The summed E-state index contributed by atoms with van der Waals surface area (Å²) in [6.07, 6.45) is 0. The maximum Gasteiger partial charge on any atom is 0.363 e. The molecule has 0 unspecified atom stereocenters. The fourth-order valence-corrected chi connectivity index (χ4v) is 1.58. The van der Waals surface area contributed by atoms with Crippen LogP contribution in [0.4, 0.5) is 0 Å². The topological polar surface area (TPSA) is 101 Å². The zero-order valence-corrected chi connectivity index (χ0v) is 8.41. The predicted octanol–water partition coefficient (Wildman–Crippen LogP) is -0.130. The number of aromatic nitrogens is 4. The van der Waals surface area contributed by atoms with Gasteiger partial charge in [-0.05, 0) is 12.1 Å². The summed E-state index contributed by atoms with van der Waals surface area (Å²) in [6.45, 7) is 0. The molecule has 0 radical (unpaired) electrons. The number of nitrogens with one attached hydrogen (secondary N) is 1. The largest absolute Gasteiger partial charge is 0.421 e. The van der Waals surface area contributed by atoms with Gasteiger partial charge in [0.2, 0.25) is 0 Å². The van der Waals surface area contributed by atoms with Gasteiger partial charge in [0.1, 0.15) is 0 Å². The molecule has 7 nitrogen and oxygen atoms in total. The number of nitrogens with zero attached hydrogens (tertiary/aromatic N) is 3. The molecule has 7 heteroatoms. The Morgan fingerprint density at radius 3 is 2.47 bits per heavy atom. The van der Waals surface area contributed by atoms with E-state index >= 15 is 0 Å². The van der Waals surface area contributed by atoms with E-state index in [1.807, 2.05) is 0 Å². The van der Waals surface area contributed by atoms with E-state index in [2.05, 4.69) is 15.0 Å². The minimum atomic E-state index is -0.938. The smallest absolute Gasteiger partial charge is 0.363 e. The van der Waals surface area contributed by atoms with Gasteiger partial charge >= 0.3 is 11.2 Å². The summed E-state index contributed by atoms with van der Waals surface area (Å²) in [4.78, 5) is 33.2. The average molecular weight is 230 g/mol. The second-order valence-corrected chi connectivity index (χ2v) is 3.46. The van der Waals surface area contributed by atoms with Crippen molar-refractivity contribution in [3.05, 3.63) is 45.1 Å². The molecule has 2 heterocycles. The first-order valence-corrected chi connectivity index (χ1v) is 4.78. The maximum absolute atomic E-state index is 11.6. The number of benzene rings is 1. The van der Waals surface area contributed by atoms with Gasteiger partial charge in [0.05, 0.1) is 11.0 Å². The lowest BCUT2D eigenvalue weighted by molar-refractivity contribution is 0.162. The monoisotopic (exact) mass is 230 g/mol. The Kier molecular flexibility index (Phi) is 1.76. The molecule has 1 aromatic carbocycles. The highest BCUT2D eigenvalue weighted by Gasteiger charge is 2.09. The number of aromatic amines is 1. The van der Waals surface area contributed by atoms with Crippen LogP contribution in [0.3, 0.4) is 0 Å². The summed E-state index contributed by atoms with van der Waals surface area (Å²) in [5.74, 6) is 0. The summed E-state index contributed by atoms with van der Waals surface area (Å²) < 4.78 is -0.0220. The van der Waals surface area contributed by atoms with Crippen LogP contribution in [0.2, 0.25) is 0 Å². The molecule has 0 saturated heterocycles. The van der Waals surface area contributed by atoms with E-state index in [9.17, 15) is 9.59 Å². The summed E-state index contributed by atoms with van der Waals surface area (Å²) in [5, 5.41) is 9.17. The summed E-state index contributed by atoms with van der Waals surface area (Å²) >= 11 is 0. The second kappa shape index (κ2) is 3.14. The average Bonchev–Trinajstić information content (AvgIpc) is 2.34. The van der Waals surface area contributed by atoms with E-state index in [4.69, 9.17) is 5.21 Å². The van der Waals surface area contributed by atoms with Crippen LogP contribution in [0.25, 0.3) is 22.2 Å². The first-order chi connectivity index (χ1) is 8.16. The van der Waals surface area contributed by atoms with Gasteiger partial charge in [-0.3, -0.25) is 9.78 Å². The molecular formula is C10H6N4O3. The molecule has 0 spiro atoms. The number of para-hydroxylation sites is 2. The third-order valence-electron chi connectivity index (χ3n) is 2.38. The summed E-state index contributed by atoms with van der Waals surface area (Å²) in [6, 6.07) is 6.93. The van der Waals surface area contributed by atoms with E-state index in [1.165, 1.54) is 0 Å². The van der Waals surface area contributed by atoms with Crippen molar-refractivity contribution < 1.29 is 5.21 Å². The zero-order chi connectivity index (χ0) is 12.0. The van der Waals surface area contributed by atoms with Gasteiger partial charge in [0.15, 0.2) is 11.2 Å². The lowest BCUT2D eigenvalue weighted by Crippen LogP contribution is -2.34. The van der Waals surface area contributed by atoms with Crippen LogP contribution in [0, 0.1) is 0 Å². The highest BCUT2D eigenvalue weighted by Crippen LogP contribution is 2.10. The SMILES string of the molecule is O=c1[nH]c2nc3ccccc3nc2c(=O)n1O. The van der Waals surface area contributed by atoms with Gasteiger partial charge in [-0.1, -0.05) is 16.9 Å². The molecular weight excluding hydrogens is 224 g/mol. The van der Waals surface area contributed by atoms with Gasteiger partial charge < -0.3 is 5.21 Å². The van der Waals surface area contributed by atoms with Gasteiger partial charge in [-0.2, -0.15) is 0 Å². The van der Waals surface area contributed by atoms with Gasteiger partial charge in [-0.15, -0.1) is 0 Å². The molecule has 3 rings (SSSR count). The normalized spacial score (nSPS) is 11.1. The van der Waals surface area contributed by atoms with E-state index in [0.29, 0.717) is 11.0 Å². The molecule has 0 saturated carbocycles. The molecule has 0 atom stereocenters. The Balaban J connectivity index is 2.62. The van der Waals surface area contributed by atoms with Crippen molar-refractivity contribution in [1.29, 1.82) is 0 Å². The molecule has 0 bridgehead atoms. The first kappa shape index (κ1) is 9.52. The predicted molar refractivity (Wildman–Crippen MR) is 59.1 cm³/mol. The molecule has 84 valence electrons. The van der Waals surface area contributed by atoms with Crippen LogP contribution in [-0.4, -0.2) is 24.9 Å². The van der Waals surface area contributed by atoms with Crippen molar-refractivity contribution >= 4 is 22.2 Å². The fraction of sp³-hybridized carbons (Fsp3) is 0. The van der Waals surface area contributed by atoms with Crippen molar-refractivity contribution in [2.24, 2.45) is 0 Å². The van der Waals surface area contributed by atoms with Crippen molar-refractivity contribution in [2.75, 3.05) is 0 Å².